The fourth-order valence-corrected chi connectivity index (χ4v) is 6.57. The smallest absolute Gasteiger partial charge is 0.261 e. The van der Waals surface area contributed by atoms with Gasteiger partial charge in [-0.1, -0.05) is 18.5 Å². The van der Waals surface area contributed by atoms with Crippen LogP contribution in [0.5, 0.6) is 5.75 Å². The maximum Gasteiger partial charge on any atom is 0.261 e. The Labute approximate surface area is 261 Å². The summed E-state index contributed by atoms with van der Waals surface area (Å²) in [5, 5.41) is 10.6. The first-order valence-corrected chi connectivity index (χ1v) is 17.1. The number of benzene rings is 2. The molecular formula is C32H46ClN3O6S. The molecule has 1 saturated carbocycles. The molecule has 1 aliphatic heterocycles. The fourth-order valence-electron chi connectivity index (χ4n) is 5.40. The van der Waals surface area contributed by atoms with Crippen molar-refractivity contribution in [3.8, 4) is 5.75 Å². The third kappa shape index (κ3) is 9.56. The topological polar surface area (TPSA) is 108 Å². The van der Waals surface area contributed by atoms with E-state index in [4.69, 9.17) is 21.1 Å². The van der Waals surface area contributed by atoms with Crippen molar-refractivity contribution in [3.63, 3.8) is 0 Å². The lowest BCUT2D eigenvalue weighted by Gasteiger charge is -2.36. The van der Waals surface area contributed by atoms with Gasteiger partial charge in [-0.2, -0.15) is 0 Å². The average molecular weight is 636 g/mol. The molecule has 1 heterocycles. The molecule has 238 valence electrons. The Bertz CT molecular complexity index is 1320. The Morgan fingerprint density at radius 1 is 1.09 bits per heavy atom. The first-order valence-electron chi connectivity index (χ1n) is 15.3. The molecule has 0 aromatic heterocycles. The second kappa shape index (κ2) is 15.1. The van der Waals surface area contributed by atoms with Gasteiger partial charge in [0.05, 0.1) is 35.3 Å². The molecule has 0 unspecified atom stereocenters. The lowest BCUT2D eigenvalue weighted by Crippen LogP contribution is -2.47. The number of carbonyl (C=O) groups is 1. The SMILES string of the molecule is C[C@@H]1CCCCO[C@@H](CN(C)CC2CC2)[C@H](C)CN([C@@H](C)CO)C(=O)c2cc(NS(=O)(=O)c3ccc(Cl)cc3)ccc2O1. The van der Waals surface area contributed by atoms with Crippen molar-refractivity contribution in [2.45, 2.75) is 76.0 Å². The van der Waals surface area contributed by atoms with E-state index in [1.165, 1.54) is 43.2 Å². The monoisotopic (exact) mass is 635 g/mol. The first-order chi connectivity index (χ1) is 20.5. The van der Waals surface area contributed by atoms with Gasteiger partial charge in [-0.15, -0.1) is 0 Å². The van der Waals surface area contributed by atoms with Gasteiger partial charge in [-0.3, -0.25) is 9.52 Å². The number of aliphatic hydroxyl groups is 1. The zero-order valence-electron chi connectivity index (χ0n) is 25.7. The highest BCUT2D eigenvalue weighted by Gasteiger charge is 2.31. The second-order valence-electron chi connectivity index (χ2n) is 12.2. The molecule has 2 aliphatic rings. The van der Waals surface area contributed by atoms with Crippen LogP contribution < -0.4 is 9.46 Å². The number of aliphatic hydroxyl groups excluding tert-OH is 1. The molecule has 1 aliphatic carbocycles. The van der Waals surface area contributed by atoms with E-state index in [9.17, 15) is 18.3 Å². The molecule has 1 amide bonds. The molecule has 2 aromatic carbocycles. The maximum atomic E-state index is 14.3. The number of ether oxygens (including phenoxy) is 2. The van der Waals surface area contributed by atoms with E-state index < -0.39 is 16.1 Å². The van der Waals surface area contributed by atoms with E-state index >= 15 is 0 Å². The zero-order chi connectivity index (χ0) is 31.1. The average Bonchev–Trinajstić information content (AvgIpc) is 3.78. The summed E-state index contributed by atoms with van der Waals surface area (Å²) >= 11 is 5.94. The van der Waals surface area contributed by atoms with Crippen LogP contribution in [-0.2, 0) is 14.8 Å². The molecule has 0 spiro atoms. The number of rotatable bonds is 9. The minimum atomic E-state index is -3.94. The van der Waals surface area contributed by atoms with Crippen molar-refractivity contribution in [1.29, 1.82) is 0 Å². The molecule has 4 atom stereocenters. The summed E-state index contributed by atoms with van der Waals surface area (Å²) in [4.78, 5) is 18.3. The number of nitrogens with zero attached hydrogens (tertiary/aromatic N) is 2. The van der Waals surface area contributed by atoms with E-state index in [1.54, 1.807) is 24.0 Å². The fraction of sp³-hybridized carbons (Fsp3) is 0.594. The first kappa shape index (κ1) is 33.5. The molecule has 4 rings (SSSR count). The highest BCUT2D eigenvalue weighted by atomic mass is 35.5. The summed E-state index contributed by atoms with van der Waals surface area (Å²) in [6.07, 6.45) is 4.89. The zero-order valence-corrected chi connectivity index (χ0v) is 27.2. The highest BCUT2D eigenvalue weighted by molar-refractivity contribution is 7.92. The van der Waals surface area contributed by atoms with Crippen molar-refractivity contribution in [3.05, 3.63) is 53.1 Å². The maximum absolute atomic E-state index is 14.3. The summed E-state index contributed by atoms with van der Waals surface area (Å²) in [5.74, 6) is 0.780. The van der Waals surface area contributed by atoms with Crippen LogP contribution >= 0.6 is 11.6 Å². The standard InChI is InChI=1S/C32H46ClN3O6S/c1-22-18-36(23(2)21-37)32(38)29-17-27(34-43(39,40)28-13-10-26(33)11-14-28)12-15-30(29)42-24(3)7-5-6-16-41-31(22)20-35(4)19-25-8-9-25/h10-15,17,22-25,31,34,37H,5-9,16,18-21H2,1-4H3/t22-,23+,24-,31+/m1/s1. The quantitative estimate of drug-likeness (QED) is 0.386. The van der Waals surface area contributed by atoms with E-state index in [0.29, 0.717) is 23.9 Å². The third-order valence-electron chi connectivity index (χ3n) is 8.19. The molecule has 0 radical (unpaired) electrons. The molecule has 2 aromatic rings. The number of amides is 1. The third-order valence-corrected chi connectivity index (χ3v) is 9.84. The van der Waals surface area contributed by atoms with Gasteiger partial charge in [-0.25, -0.2) is 8.42 Å². The van der Waals surface area contributed by atoms with Crippen LogP contribution in [0, 0.1) is 11.8 Å². The van der Waals surface area contributed by atoms with E-state index in [1.807, 2.05) is 6.92 Å². The van der Waals surface area contributed by atoms with Gasteiger partial charge in [0.15, 0.2) is 0 Å². The summed E-state index contributed by atoms with van der Waals surface area (Å²) in [5.41, 5.74) is 0.461. The van der Waals surface area contributed by atoms with Crippen LogP contribution in [0.4, 0.5) is 5.69 Å². The predicted octanol–water partition coefficient (Wildman–Crippen LogP) is 5.28. The number of likely N-dealkylation sites (N-methyl/N-ethyl adjacent to an activating group) is 1. The highest BCUT2D eigenvalue weighted by Crippen LogP contribution is 2.31. The van der Waals surface area contributed by atoms with Crippen LogP contribution in [0.15, 0.2) is 47.4 Å². The molecule has 0 bridgehead atoms. The molecule has 11 heteroatoms. The van der Waals surface area contributed by atoms with Gasteiger partial charge in [0.25, 0.3) is 15.9 Å². The summed E-state index contributed by atoms with van der Waals surface area (Å²) in [7, 11) is -1.81. The minimum absolute atomic E-state index is 0.0163. The molecule has 9 nitrogen and oxygen atoms in total. The Balaban J connectivity index is 1.65. The van der Waals surface area contributed by atoms with Crippen molar-refractivity contribution in [2.24, 2.45) is 11.8 Å². The van der Waals surface area contributed by atoms with Crippen molar-refractivity contribution in [1.82, 2.24) is 9.80 Å². The number of hydrogen-bond donors (Lipinski definition) is 2. The minimum Gasteiger partial charge on any atom is -0.490 e. The van der Waals surface area contributed by atoms with Gasteiger partial charge in [0.2, 0.25) is 0 Å². The van der Waals surface area contributed by atoms with Gasteiger partial charge in [-0.05, 0) is 101 Å². The van der Waals surface area contributed by atoms with Gasteiger partial charge < -0.3 is 24.4 Å². The van der Waals surface area contributed by atoms with Gasteiger partial charge >= 0.3 is 0 Å². The van der Waals surface area contributed by atoms with Crippen molar-refractivity contribution < 1.29 is 27.8 Å². The van der Waals surface area contributed by atoms with Crippen LogP contribution in [-0.4, -0.2) is 87.4 Å². The van der Waals surface area contributed by atoms with E-state index in [0.717, 1.165) is 38.3 Å². The van der Waals surface area contributed by atoms with Crippen LogP contribution in [0.3, 0.4) is 0 Å². The van der Waals surface area contributed by atoms with Gasteiger partial charge in [0.1, 0.15) is 5.75 Å². The lowest BCUT2D eigenvalue weighted by atomic mass is 10.0. The Morgan fingerprint density at radius 2 is 1.81 bits per heavy atom. The molecule has 0 saturated heterocycles. The number of halogens is 1. The number of fused-ring (bicyclic) bond motifs is 1. The molecule has 2 N–H and O–H groups in total. The van der Waals surface area contributed by atoms with Gasteiger partial charge in [0, 0.05) is 42.9 Å². The summed E-state index contributed by atoms with van der Waals surface area (Å²) < 4.78 is 41.5. The van der Waals surface area contributed by atoms with Crippen LogP contribution in [0.1, 0.15) is 63.2 Å². The number of nitrogens with one attached hydrogen (secondary N) is 1. The predicted molar refractivity (Wildman–Crippen MR) is 169 cm³/mol. The Kier molecular flexibility index (Phi) is 11.8. The second-order valence-corrected chi connectivity index (χ2v) is 14.4. The number of anilines is 1. The molecular weight excluding hydrogens is 590 g/mol. The van der Waals surface area contributed by atoms with Crippen LogP contribution in [0.25, 0.3) is 0 Å². The number of carbonyl (C=O) groups excluding carboxylic acids is 1. The van der Waals surface area contributed by atoms with Crippen molar-refractivity contribution in [2.75, 3.05) is 44.6 Å². The summed E-state index contributed by atoms with van der Waals surface area (Å²) in [6, 6.07) is 10.1. The Morgan fingerprint density at radius 3 is 2.49 bits per heavy atom. The number of hydrogen-bond acceptors (Lipinski definition) is 7. The molecule has 1 fully saturated rings. The van der Waals surface area contributed by atoms with Crippen molar-refractivity contribution >= 4 is 33.2 Å². The normalized spacial score (nSPS) is 23.3. The van der Waals surface area contributed by atoms with Crippen LogP contribution in [0.2, 0.25) is 5.02 Å². The molecule has 43 heavy (non-hydrogen) atoms. The number of sulfonamides is 1. The largest absolute Gasteiger partial charge is 0.490 e. The van der Waals surface area contributed by atoms with E-state index in [-0.39, 0.29) is 46.8 Å². The Hall–Kier alpha value is -2.37. The van der Waals surface area contributed by atoms with E-state index in [2.05, 4.69) is 23.6 Å². The lowest BCUT2D eigenvalue weighted by molar-refractivity contribution is -0.0172. The summed E-state index contributed by atoms with van der Waals surface area (Å²) in [6.45, 7) is 8.43.